The van der Waals surface area contributed by atoms with Crippen LogP contribution in [0, 0.1) is 0 Å². The minimum absolute atomic E-state index is 0.0523. The van der Waals surface area contributed by atoms with Gasteiger partial charge >= 0.3 is 185 Å². The van der Waals surface area contributed by atoms with E-state index in [1.165, 1.54) is 12.1 Å². The molecule has 2 N–H and O–H groups in total. The van der Waals surface area contributed by atoms with Crippen LogP contribution >= 0.6 is 0 Å². The molecule has 10 nitrogen and oxygen atoms in total. The van der Waals surface area contributed by atoms with Crippen LogP contribution in [0.2, 0.25) is 0 Å². The van der Waals surface area contributed by atoms with Crippen molar-refractivity contribution in [3.8, 4) is 11.1 Å². The first-order valence-electron chi connectivity index (χ1n) is 7.73. The standard InChI is InChI=1S/C16H13O10S2.Na/c1-25-15(17)11-8-10(9-6-4-3-5-7-9)12(16(18)26-2)14(28(22,23)24)13(11)27(19,20)21;/h3-7H,1-2H3,(H,19,20,21)(H,22,23,24);. The summed E-state index contributed by atoms with van der Waals surface area (Å²) in [7, 11) is -9.03. The van der Waals surface area contributed by atoms with Gasteiger partial charge in [0.2, 0.25) is 0 Å². The van der Waals surface area contributed by atoms with E-state index in [-0.39, 0.29) is 41.9 Å². The quantitative estimate of drug-likeness (QED) is 0.364. The summed E-state index contributed by atoms with van der Waals surface area (Å²) in [5.74, 6) is -2.57. The molecule has 0 heterocycles. The van der Waals surface area contributed by atoms with Crippen LogP contribution in [0.15, 0.2) is 40.1 Å². The van der Waals surface area contributed by atoms with Gasteiger partial charge in [0.1, 0.15) is 0 Å². The molecule has 0 bridgehead atoms. The molecule has 0 unspecified atom stereocenters. The van der Waals surface area contributed by atoms with Crippen molar-refractivity contribution in [3.63, 3.8) is 0 Å². The molecule has 0 amide bonds. The average molecular weight is 452 g/mol. The number of benzene rings is 2. The van der Waals surface area contributed by atoms with E-state index < -0.39 is 53.1 Å². The third-order valence-corrected chi connectivity index (χ3v) is 7.00. The molecule has 0 saturated carbocycles. The Hall–Kier alpha value is -1.80. The predicted octanol–water partition coefficient (Wildman–Crippen LogP) is 0.214. The summed E-state index contributed by atoms with van der Waals surface area (Å²) in [6, 6.07) is 7.69. The van der Waals surface area contributed by atoms with Crippen LogP contribution in [0.4, 0.5) is 0 Å². The number of carbonyl (C=O) groups is 2. The SMILES string of the molecule is COC(=O)c1[c]([Na])c(-c2ccccc2)c(C(=O)OC)c(S(=O)(=O)O)c1S(=O)(=O)O. The molecular formula is C16H13NaO10S2. The Labute approximate surface area is 183 Å². The van der Waals surface area contributed by atoms with Gasteiger partial charge < -0.3 is 0 Å². The fourth-order valence-corrected chi connectivity index (χ4v) is 6.34. The van der Waals surface area contributed by atoms with Gasteiger partial charge in [-0.15, -0.1) is 0 Å². The van der Waals surface area contributed by atoms with Gasteiger partial charge in [-0.3, -0.25) is 0 Å². The Morgan fingerprint density at radius 3 is 1.66 bits per heavy atom. The summed E-state index contributed by atoms with van der Waals surface area (Å²) in [5.41, 5.74) is -1.51. The van der Waals surface area contributed by atoms with Crippen molar-refractivity contribution >= 4 is 62.9 Å². The van der Waals surface area contributed by atoms with Gasteiger partial charge in [0, 0.05) is 0 Å². The van der Waals surface area contributed by atoms with E-state index in [1.54, 1.807) is 18.2 Å². The second kappa shape index (κ2) is 8.52. The molecule has 2 aromatic carbocycles. The van der Waals surface area contributed by atoms with E-state index in [4.69, 9.17) is 0 Å². The molecule has 0 spiro atoms. The molecule has 2 aromatic rings. The fraction of sp³-hybridized carbons (Fsp3) is 0.125. The Bertz CT molecular complexity index is 1200. The summed E-state index contributed by atoms with van der Waals surface area (Å²) in [5, 5.41) is 0. The molecule has 2 rings (SSSR count). The first-order valence-corrected chi connectivity index (χ1v) is 11.6. The van der Waals surface area contributed by atoms with E-state index in [9.17, 15) is 35.5 Å². The Morgan fingerprint density at radius 1 is 0.828 bits per heavy atom. The van der Waals surface area contributed by atoms with Gasteiger partial charge in [-0.2, -0.15) is 0 Å². The van der Waals surface area contributed by atoms with Crippen molar-refractivity contribution in [2.24, 2.45) is 0 Å². The van der Waals surface area contributed by atoms with Crippen molar-refractivity contribution in [1.29, 1.82) is 0 Å². The van der Waals surface area contributed by atoms with E-state index in [1.807, 2.05) is 0 Å². The normalized spacial score (nSPS) is 11.8. The van der Waals surface area contributed by atoms with Crippen molar-refractivity contribution < 1.29 is 45.0 Å². The summed E-state index contributed by atoms with van der Waals surface area (Å²) < 4.78 is 76.9. The Balaban J connectivity index is 3.37. The van der Waals surface area contributed by atoms with E-state index in [0.717, 1.165) is 14.2 Å². The van der Waals surface area contributed by atoms with Crippen molar-refractivity contribution in [1.82, 2.24) is 0 Å². The molecular weight excluding hydrogens is 439 g/mol. The molecule has 29 heavy (non-hydrogen) atoms. The molecule has 0 aliphatic heterocycles. The first kappa shape index (κ1) is 23.5. The number of hydrogen-bond donors (Lipinski definition) is 2. The Kier molecular flexibility index (Phi) is 6.89. The third kappa shape index (κ3) is 4.53. The van der Waals surface area contributed by atoms with Crippen LogP contribution in [0.3, 0.4) is 0 Å². The van der Waals surface area contributed by atoms with Gasteiger partial charge in [-0.05, 0) is 0 Å². The third-order valence-electron chi connectivity index (χ3n) is 4.02. The van der Waals surface area contributed by atoms with Crippen LogP contribution in [-0.4, -0.2) is 80.0 Å². The van der Waals surface area contributed by atoms with Gasteiger partial charge in [0.25, 0.3) is 0 Å². The zero-order valence-electron chi connectivity index (χ0n) is 15.4. The number of carbonyl (C=O) groups excluding carboxylic acids is 2. The molecule has 0 fully saturated rings. The van der Waals surface area contributed by atoms with Gasteiger partial charge in [0.05, 0.1) is 0 Å². The molecule has 0 aromatic heterocycles. The van der Waals surface area contributed by atoms with Crippen LogP contribution in [-0.2, 0) is 29.7 Å². The predicted molar refractivity (Wildman–Crippen MR) is 99.6 cm³/mol. The van der Waals surface area contributed by atoms with Gasteiger partial charge in [0.15, 0.2) is 0 Å². The van der Waals surface area contributed by atoms with Gasteiger partial charge in [-0.25, -0.2) is 0 Å². The van der Waals surface area contributed by atoms with Crippen molar-refractivity contribution in [3.05, 3.63) is 41.5 Å². The van der Waals surface area contributed by atoms with Crippen LogP contribution in [0.1, 0.15) is 20.7 Å². The average Bonchev–Trinajstić information content (AvgIpc) is 2.64. The number of ether oxygens (including phenoxy) is 2. The summed E-state index contributed by atoms with van der Waals surface area (Å²) in [6.07, 6.45) is 0. The monoisotopic (exact) mass is 452 g/mol. The topological polar surface area (TPSA) is 161 Å². The fourth-order valence-electron chi connectivity index (χ4n) is 2.93. The minimum atomic E-state index is -5.45. The number of hydrogen-bond acceptors (Lipinski definition) is 8. The number of rotatable bonds is 5. The van der Waals surface area contributed by atoms with Crippen LogP contribution in [0.5, 0.6) is 0 Å². The Morgan fingerprint density at radius 2 is 1.24 bits per heavy atom. The molecule has 13 heteroatoms. The molecule has 0 saturated heterocycles. The molecule has 150 valence electrons. The van der Waals surface area contributed by atoms with Crippen LogP contribution in [0.25, 0.3) is 11.1 Å². The number of methoxy groups -OCH3 is 2. The first-order chi connectivity index (χ1) is 13.4. The summed E-state index contributed by atoms with van der Waals surface area (Å²) in [6.45, 7) is 0. The zero-order valence-corrected chi connectivity index (χ0v) is 19.0. The van der Waals surface area contributed by atoms with E-state index in [0.29, 0.717) is 0 Å². The van der Waals surface area contributed by atoms with E-state index in [2.05, 4.69) is 9.47 Å². The number of esters is 2. The molecule has 0 aliphatic rings. The molecule has 0 aliphatic carbocycles. The van der Waals surface area contributed by atoms with Crippen molar-refractivity contribution in [2.75, 3.05) is 14.2 Å². The maximum absolute atomic E-state index is 12.5. The van der Waals surface area contributed by atoms with E-state index >= 15 is 0 Å². The zero-order chi connectivity index (χ0) is 22.1. The van der Waals surface area contributed by atoms with Crippen molar-refractivity contribution in [2.45, 2.75) is 9.79 Å². The molecule has 0 radical (unpaired) electrons. The second-order valence-electron chi connectivity index (χ2n) is 5.71. The summed E-state index contributed by atoms with van der Waals surface area (Å²) in [4.78, 5) is 21.9. The van der Waals surface area contributed by atoms with Gasteiger partial charge in [-0.1, -0.05) is 0 Å². The maximum atomic E-state index is 12.5. The molecule has 0 atom stereocenters. The van der Waals surface area contributed by atoms with Crippen LogP contribution < -0.4 is 2.81 Å². The summed E-state index contributed by atoms with van der Waals surface area (Å²) >= 11 is -0.0822. The second-order valence-corrected chi connectivity index (χ2v) is 9.42.